The Balaban J connectivity index is 1.97. The molecule has 3 rings (SSSR count). The molecule has 1 unspecified atom stereocenters. The van der Waals surface area contributed by atoms with Gasteiger partial charge < -0.3 is 10.6 Å². The zero-order chi connectivity index (χ0) is 16.7. The average molecular weight is 352 g/mol. The van der Waals surface area contributed by atoms with Crippen LogP contribution in [0.15, 0.2) is 36.4 Å². The highest BCUT2D eigenvalue weighted by Gasteiger charge is 2.36. The number of hydrogen-bond acceptors (Lipinski definition) is 4. The average Bonchev–Trinajstić information content (AvgIpc) is 2.75. The van der Waals surface area contributed by atoms with Gasteiger partial charge in [0.25, 0.3) is 5.69 Å². The third-order valence-corrected chi connectivity index (χ3v) is 4.44. The van der Waals surface area contributed by atoms with E-state index in [0.717, 1.165) is 5.56 Å². The Morgan fingerprint density at radius 2 is 1.91 bits per heavy atom. The molecular formula is C15H11Cl2N3O3. The molecule has 2 aromatic rings. The Hall–Kier alpha value is -2.15. The van der Waals surface area contributed by atoms with Crippen molar-refractivity contribution in [3.05, 3.63) is 67.7 Å². The number of nitrogens with two attached hydrogens (primary N) is 1. The van der Waals surface area contributed by atoms with Crippen molar-refractivity contribution >= 4 is 40.5 Å². The molecule has 8 heteroatoms. The number of hydrogen-bond donors (Lipinski definition) is 1. The summed E-state index contributed by atoms with van der Waals surface area (Å²) in [7, 11) is 0. The van der Waals surface area contributed by atoms with Crippen LogP contribution in [0.5, 0.6) is 0 Å². The first kappa shape index (κ1) is 15.7. The van der Waals surface area contributed by atoms with E-state index in [1.807, 2.05) is 0 Å². The standard InChI is InChI=1S/C15H11Cl2N3O3/c16-11-3-1-8(5-12(11)17)7-19-13-4-2-9(20(22)23)6-10(13)14(18)15(19)21/h1-6,14H,7,18H2. The second-order valence-electron chi connectivity index (χ2n) is 5.15. The van der Waals surface area contributed by atoms with E-state index < -0.39 is 11.0 Å². The lowest BCUT2D eigenvalue weighted by Crippen LogP contribution is -2.31. The molecule has 1 amide bonds. The van der Waals surface area contributed by atoms with Crippen molar-refractivity contribution < 1.29 is 9.72 Å². The summed E-state index contributed by atoms with van der Waals surface area (Å²) in [6.07, 6.45) is 0. The van der Waals surface area contributed by atoms with Crippen LogP contribution in [0, 0.1) is 10.1 Å². The maximum absolute atomic E-state index is 12.4. The van der Waals surface area contributed by atoms with E-state index in [1.54, 1.807) is 18.2 Å². The van der Waals surface area contributed by atoms with Crippen LogP contribution in [0.2, 0.25) is 10.0 Å². The Bertz CT molecular complexity index is 826. The van der Waals surface area contributed by atoms with E-state index in [1.165, 1.54) is 23.1 Å². The van der Waals surface area contributed by atoms with Gasteiger partial charge in [0, 0.05) is 23.4 Å². The highest BCUT2D eigenvalue weighted by Crippen LogP contribution is 2.38. The van der Waals surface area contributed by atoms with Gasteiger partial charge in [-0.25, -0.2) is 0 Å². The van der Waals surface area contributed by atoms with Crippen LogP contribution in [0.25, 0.3) is 0 Å². The summed E-state index contributed by atoms with van der Waals surface area (Å²) in [6.45, 7) is 0.258. The minimum absolute atomic E-state index is 0.0941. The van der Waals surface area contributed by atoms with Crippen LogP contribution < -0.4 is 10.6 Å². The monoisotopic (exact) mass is 351 g/mol. The van der Waals surface area contributed by atoms with Gasteiger partial charge in [0.2, 0.25) is 5.91 Å². The van der Waals surface area contributed by atoms with Gasteiger partial charge in [0.1, 0.15) is 6.04 Å². The first-order valence-electron chi connectivity index (χ1n) is 6.67. The van der Waals surface area contributed by atoms with Gasteiger partial charge in [-0.15, -0.1) is 0 Å². The molecule has 0 radical (unpaired) electrons. The van der Waals surface area contributed by atoms with Crippen molar-refractivity contribution in [1.29, 1.82) is 0 Å². The smallest absolute Gasteiger partial charge is 0.269 e. The number of benzene rings is 2. The number of anilines is 1. The minimum atomic E-state index is -0.910. The normalized spacial score (nSPS) is 16.6. The van der Waals surface area contributed by atoms with E-state index in [2.05, 4.69) is 0 Å². The number of rotatable bonds is 3. The molecule has 0 fully saturated rings. The molecule has 23 heavy (non-hydrogen) atoms. The number of halogens is 2. The SMILES string of the molecule is NC1C(=O)N(Cc2ccc(Cl)c(Cl)c2)c2ccc([N+](=O)[O-])cc21. The Kier molecular flexibility index (Phi) is 3.97. The highest BCUT2D eigenvalue weighted by atomic mass is 35.5. The van der Waals surface area contributed by atoms with E-state index in [9.17, 15) is 14.9 Å². The molecule has 2 N–H and O–H groups in total. The van der Waals surface area contributed by atoms with E-state index in [0.29, 0.717) is 21.3 Å². The molecular weight excluding hydrogens is 341 g/mol. The molecule has 0 aromatic heterocycles. The van der Waals surface area contributed by atoms with Crippen molar-refractivity contribution in [1.82, 2.24) is 0 Å². The molecule has 0 spiro atoms. The van der Waals surface area contributed by atoms with E-state index in [-0.39, 0.29) is 18.1 Å². The van der Waals surface area contributed by atoms with Gasteiger partial charge >= 0.3 is 0 Å². The first-order valence-corrected chi connectivity index (χ1v) is 7.43. The Morgan fingerprint density at radius 1 is 1.17 bits per heavy atom. The lowest BCUT2D eigenvalue weighted by Gasteiger charge is -2.18. The molecule has 6 nitrogen and oxygen atoms in total. The number of amides is 1. The number of nitro benzene ring substituents is 1. The van der Waals surface area contributed by atoms with Crippen LogP contribution in [0.4, 0.5) is 11.4 Å². The molecule has 0 saturated heterocycles. The van der Waals surface area contributed by atoms with Gasteiger partial charge in [-0.1, -0.05) is 29.3 Å². The zero-order valence-corrected chi connectivity index (χ0v) is 13.2. The number of nitro groups is 1. The number of non-ortho nitro benzene ring substituents is 1. The molecule has 1 aliphatic rings. The Labute approximate surface area is 141 Å². The second-order valence-corrected chi connectivity index (χ2v) is 5.97. The van der Waals surface area contributed by atoms with Crippen LogP contribution in [0.1, 0.15) is 17.2 Å². The van der Waals surface area contributed by atoms with Crippen molar-refractivity contribution in [3.8, 4) is 0 Å². The van der Waals surface area contributed by atoms with Gasteiger partial charge in [-0.05, 0) is 23.8 Å². The molecule has 118 valence electrons. The summed E-state index contributed by atoms with van der Waals surface area (Å²) in [4.78, 5) is 24.2. The van der Waals surface area contributed by atoms with E-state index >= 15 is 0 Å². The second kappa shape index (κ2) is 5.81. The predicted octanol–water partition coefficient (Wildman–Crippen LogP) is 3.45. The highest BCUT2D eigenvalue weighted by molar-refractivity contribution is 6.42. The fourth-order valence-electron chi connectivity index (χ4n) is 2.55. The predicted molar refractivity (Wildman–Crippen MR) is 87.7 cm³/mol. The number of fused-ring (bicyclic) bond motifs is 1. The molecule has 0 bridgehead atoms. The Morgan fingerprint density at radius 3 is 2.57 bits per heavy atom. The van der Waals surface area contributed by atoms with E-state index in [4.69, 9.17) is 28.9 Å². The minimum Gasteiger partial charge on any atom is -0.316 e. The van der Waals surface area contributed by atoms with Crippen LogP contribution >= 0.6 is 23.2 Å². The quantitative estimate of drug-likeness (QED) is 0.677. The summed E-state index contributed by atoms with van der Waals surface area (Å²) in [5, 5.41) is 11.7. The summed E-state index contributed by atoms with van der Waals surface area (Å²) in [6, 6.07) is 8.40. The lowest BCUT2D eigenvalue weighted by atomic mass is 10.1. The summed E-state index contributed by atoms with van der Waals surface area (Å²) in [5.74, 6) is -0.313. The third-order valence-electron chi connectivity index (χ3n) is 3.70. The van der Waals surface area contributed by atoms with Crippen LogP contribution in [-0.2, 0) is 11.3 Å². The van der Waals surface area contributed by atoms with Crippen molar-refractivity contribution in [3.63, 3.8) is 0 Å². The molecule has 1 aliphatic heterocycles. The number of nitrogens with zero attached hydrogens (tertiary/aromatic N) is 2. The van der Waals surface area contributed by atoms with Crippen molar-refractivity contribution in [2.45, 2.75) is 12.6 Å². The summed E-state index contributed by atoms with van der Waals surface area (Å²) < 4.78 is 0. The van der Waals surface area contributed by atoms with Crippen molar-refractivity contribution in [2.24, 2.45) is 5.73 Å². The largest absolute Gasteiger partial charge is 0.316 e. The maximum atomic E-state index is 12.4. The van der Waals surface area contributed by atoms with Gasteiger partial charge in [0.15, 0.2) is 0 Å². The fraction of sp³-hybridized carbons (Fsp3) is 0.133. The topological polar surface area (TPSA) is 89.5 Å². The number of carbonyl (C=O) groups excluding carboxylic acids is 1. The molecule has 0 saturated carbocycles. The summed E-state index contributed by atoms with van der Waals surface area (Å²) >= 11 is 11.9. The molecule has 2 aromatic carbocycles. The molecule has 1 heterocycles. The third kappa shape index (κ3) is 2.76. The van der Waals surface area contributed by atoms with Gasteiger partial charge in [-0.3, -0.25) is 14.9 Å². The molecule has 0 aliphatic carbocycles. The maximum Gasteiger partial charge on any atom is 0.269 e. The lowest BCUT2D eigenvalue weighted by molar-refractivity contribution is -0.384. The zero-order valence-electron chi connectivity index (χ0n) is 11.7. The van der Waals surface area contributed by atoms with Gasteiger partial charge in [-0.2, -0.15) is 0 Å². The summed E-state index contributed by atoms with van der Waals surface area (Å²) in [5.41, 5.74) is 7.60. The van der Waals surface area contributed by atoms with Crippen LogP contribution in [-0.4, -0.2) is 10.8 Å². The molecule has 1 atom stereocenters. The van der Waals surface area contributed by atoms with Crippen molar-refractivity contribution in [2.75, 3.05) is 4.90 Å². The fourth-order valence-corrected chi connectivity index (χ4v) is 2.87. The number of carbonyl (C=O) groups is 1. The van der Waals surface area contributed by atoms with Crippen LogP contribution in [0.3, 0.4) is 0 Å². The van der Waals surface area contributed by atoms with Gasteiger partial charge in [0.05, 0.1) is 21.5 Å². The first-order chi connectivity index (χ1) is 10.9.